The fraction of sp³-hybridized carbons (Fsp3) is 0.778. The Kier molecular flexibility index (Phi) is 4.17. The first-order valence-electron chi connectivity index (χ1n) is 8.85. The van der Waals surface area contributed by atoms with Gasteiger partial charge in [-0.1, -0.05) is 0 Å². The number of methoxy groups -OCH3 is 1. The van der Waals surface area contributed by atoms with E-state index in [-0.39, 0.29) is 16.2 Å². The average Bonchev–Trinajstić information content (AvgIpc) is 2.82. The number of amides is 1. The van der Waals surface area contributed by atoms with Crippen LogP contribution in [0.25, 0.3) is 0 Å². The maximum Gasteiger partial charge on any atom is 0.254 e. The first kappa shape index (κ1) is 16.8. The van der Waals surface area contributed by atoms with Crippen LogP contribution >= 0.6 is 22.9 Å². The SMILES string of the molecule is COCCn1cc(C)s/c1=N\C(=O)C12CC3CC(CC(Cl)(C3)C1)C2. The van der Waals surface area contributed by atoms with Crippen LogP contribution in [0, 0.1) is 24.2 Å². The van der Waals surface area contributed by atoms with Crippen molar-refractivity contribution in [2.45, 2.75) is 56.9 Å². The van der Waals surface area contributed by atoms with E-state index < -0.39 is 0 Å². The van der Waals surface area contributed by atoms with Crippen LogP contribution in [0.4, 0.5) is 0 Å². The van der Waals surface area contributed by atoms with Gasteiger partial charge in [0.05, 0.1) is 12.0 Å². The lowest BCUT2D eigenvalue weighted by Crippen LogP contribution is -2.55. The summed E-state index contributed by atoms with van der Waals surface area (Å²) >= 11 is 8.44. The Morgan fingerprint density at radius 3 is 2.75 bits per heavy atom. The summed E-state index contributed by atoms with van der Waals surface area (Å²) in [6, 6.07) is 0. The second-order valence-electron chi connectivity index (χ2n) is 8.12. The highest BCUT2D eigenvalue weighted by Gasteiger charge is 2.60. The summed E-state index contributed by atoms with van der Waals surface area (Å²) < 4.78 is 7.21. The summed E-state index contributed by atoms with van der Waals surface area (Å²) in [5.41, 5.74) is -0.303. The highest BCUT2D eigenvalue weighted by molar-refractivity contribution is 7.09. The zero-order chi connectivity index (χ0) is 16.9. The quantitative estimate of drug-likeness (QED) is 0.763. The molecular weight excluding hydrogens is 344 g/mol. The molecule has 1 aromatic heterocycles. The number of nitrogens with zero attached hydrogens (tertiary/aromatic N) is 2. The van der Waals surface area contributed by atoms with E-state index in [2.05, 4.69) is 18.1 Å². The van der Waals surface area contributed by atoms with E-state index in [0.717, 1.165) is 48.3 Å². The monoisotopic (exact) mass is 368 g/mol. The van der Waals surface area contributed by atoms with Crippen LogP contribution in [0.3, 0.4) is 0 Å². The lowest BCUT2D eigenvalue weighted by molar-refractivity contribution is -0.141. The van der Waals surface area contributed by atoms with Crippen molar-refractivity contribution in [1.29, 1.82) is 0 Å². The average molecular weight is 369 g/mol. The molecule has 0 aromatic carbocycles. The molecule has 1 amide bonds. The number of hydrogen-bond acceptors (Lipinski definition) is 3. The minimum Gasteiger partial charge on any atom is -0.383 e. The van der Waals surface area contributed by atoms with Crippen molar-refractivity contribution in [3.63, 3.8) is 0 Å². The third kappa shape index (κ3) is 2.89. The Balaban J connectivity index is 1.65. The maximum absolute atomic E-state index is 13.2. The molecule has 5 rings (SSSR count). The van der Waals surface area contributed by atoms with Crippen LogP contribution in [0.15, 0.2) is 11.2 Å². The molecule has 4 aliphatic carbocycles. The number of carbonyl (C=O) groups is 1. The van der Waals surface area contributed by atoms with Gasteiger partial charge in [0.25, 0.3) is 5.91 Å². The maximum atomic E-state index is 13.2. The van der Waals surface area contributed by atoms with Crippen LogP contribution in [-0.2, 0) is 16.1 Å². The Morgan fingerprint density at radius 1 is 1.42 bits per heavy atom. The minimum absolute atomic E-state index is 0.0645. The van der Waals surface area contributed by atoms with Crippen LogP contribution in [0.5, 0.6) is 0 Å². The molecule has 0 N–H and O–H groups in total. The van der Waals surface area contributed by atoms with Crippen LogP contribution in [0.2, 0.25) is 0 Å². The summed E-state index contributed by atoms with van der Waals surface area (Å²) in [6.45, 7) is 3.40. The number of hydrogen-bond donors (Lipinski definition) is 0. The van der Waals surface area contributed by atoms with Gasteiger partial charge in [0, 0.05) is 29.6 Å². The zero-order valence-corrected chi connectivity index (χ0v) is 16.0. The predicted molar refractivity (Wildman–Crippen MR) is 95.2 cm³/mol. The predicted octanol–water partition coefficient (Wildman–Crippen LogP) is 3.51. The number of rotatable bonds is 4. The molecule has 0 spiro atoms. The van der Waals surface area contributed by atoms with E-state index in [0.29, 0.717) is 18.4 Å². The number of halogens is 1. The molecule has 1 aromatic rings. The lowest BCUT2D eigenvalue weighted by Gasteiger charge is -2.58. The topological polar surface area (TPSA) is 43.6 Å². The summed E-state index contributed by atoms with van der Waals surface area (Å²) in [6.07, 6.45) is 8.29. The third-order valence-electron chi connectivity index (χ3n) is 6.01. The van der Waals surface area contributed by atoms with Crippen molar-refractivity contribution in [2.24, 2.45) is 22.2 Å². The van der Waals surface area contributed by atoms with E-state index in [1.165, 1.54) is 6.42 Å². The van der Waals surface area contributed by atoms with Gasteiger partial charge < -0.3 is 9.30 Å². The molecule has 4 bridgehead atoms. The number of aromatic nitrogens is 1. The molecule has 132 valence electrons. The van der Waals surface area contributed by atoms with Gasteiger partial charge in [-0.15, -0.1) is 22.9 Å². The van der Waals surface area contributed by atoms with Crippen molar-refractivity contribution in [3.8, 4) is 0 Å². The van der Waals surface area contributed by atoms with Gasteiger partial charge in [-0.05, 0) is 57.3 Å². The molecule has 2 unspecified atom stereocenters. The van der Waals surface area contributed by atoms with Crippen LogP contribution in [0.1, 0.15) is 43.4 Å². The van der Waals surface area contributed by atoms with Gasteiger partial charge in [0.1, 0.15) is 0 Å². The molecule has 6 heteroatoms. The number of alkyl halides is 1. The standard InChI is InChI=1S/C18H25ClN2O2S/c1-12-10-21(3-4-23-2)16(24-12)20-15(22)17-6-13-5-14(7-17)9-18(19,8-13)11-17/h10,13-14H,3-9,11H2,1-2H3/b20-16-. The Morgan fingerprint density at radius 2 is 2.12 bits per heavy atom. The molecule has 0 aliphatic heterocycles. The van der Waals surface area contributed by atoms with Gasteiger partial charge in [0.2, 0.25) is 0 Å². The molecule has 0 radical (unpaired) electrons. The minimum atomic E-state index is -0.303. The normalized spacial score (nSPS) is 38.0. The largest absolute Gasteiger partial charge is 0.383 e. The summed E-state index contributed by atoms with van der Waals surface area (Å²) in [7, 11) is 1.69. The fourth-order valence-corrected chi connectivity index (χ4v) is 7.10. The van der Waals surface area contributed by atoms with Crippen LogP contribution < -0.4 is 4.80 Å². The third-order valence-corrected chi connectivity index (χ3v) is 7.39. The van der Waals surface area contributed by atoms with Gasteiger partial charge >= 0.3 is 0 Å². The number of thiazole rings is 1. The molecule has 4 fully saturated rings. The van der Waals surface area contributed by atoms with Crippen molar-refractivity contribution in [1.82, 2.24) is 4.57 Å². The Labute approximate surface area is 151 Å². The smallest absolute Gasteiger partial charge is 0.254 e. The summed E-state index contributed by atoms with van der Waals surface area (Å²) in [5, 5.41) is 0. The van der Waals surface area contributed by atoms with Crippen molar-refractivity contribution in [3.05, 3.63) is 15.9 Å². The van der Waals surface area contributed by atoms with E-state index >= 15 is 0 Å². The van der Waals surface area contributed by atoms with E-state index in [4.69, 9.17) is 16.3 Å². The summed E-state index contributed by atoms with van der Waals surface area (Å²) in [5.74, 6) is 1.30. The lowest BCUT2D eigenvalue weighted by atomic mass is 9.49. The first-order chi connectivity index (χ1) is 11.4. The summed E-state index contributed by atoms with van der Waals surface area (Å²) in [4.78, 5) is 19.6. The molecule has 4 saturated carbocycles. The van der Waals surface area contributed by atoms with E-state index in [1.54, 1.807) is 18.4 Å². The molecular formula is C18H25ClN2O2S. The second kappa shape index (κ2) is 5.96. The van der Waals surface area contributed by atoms with Gasteiger partial charge in [-0.25, -0.2) is 0 Å². The highest BCUT2D eigenvalue weighted by Crippen LogP contribution is 2.64. The van der Waals surface area contributed by atoms with Gasteiger partial charge in [0.15, 0.2) is 4.80 Å². The highest BCUT2D eigenvalue weighted by atomic mass is 35.5. The fourth-order valence-electron chi connectivity index (χ4n) is 5.55. The number of ether oxygens (including phenoxy) is 1. The molecule has 4 aliphatic rings. The molecule has 24 heavy (non-hydrogen) atoms. The molecule has 1 heterocycles. The van der Waals surface area contributed by atoms with E-state index in [9.17, 15) is 4.79 Å². The number of carbonyl (C=O) groups excluding carboxylic acids is 1. The van der Waals surface area contributed by atoms with Gasteiger partial charge in [-0.2, -0.15) is 4.99 Å². The first-order valence-corrected chi connectivity index (χ1v) is 10.0. The van der Waals surface area contributed by atoms with Crippen LogP contribution in [-0.4, -0.2) is 29.1 Å². The Bertz CT molecular complexity index is 709. The zero-order valence-electron chi connectivity index (χ0n) is 14.4. The van der Waals surface area contributed by atoms with Crippen molar-refractivity contribution in [2.75, 3.05) is 13.7 Å². The Hall–Kier alpha value is -0.650. The van der Waals surface area contributed by atoms with E-state index in [1.807, 2.05) is 4.57 Å². The number of aryl methyl sites for hydroxylation is 1. The van der Waals surface area contributed by atoms with Gasteiger partial charge in [-0.3, -0.25) is 4.79 Å². The van der Waals surface area contributed by atoms with Crippen molar-refractivity contribution < 1.29 is 9.53 Å². The molecule has 2 atom stereocenters. The van der Waals surface area contributed by atoms with Crippen molar-refractivity contribution >= 4 is 28.8 Å². The molecule has 0 saturated heterocycles. The second-order valence-corrected chi connectivity index (χ2v) is 10.1. The molecule has 4 nitrogen and oxygen atoms in total.